The highest BCUT2D eigenvalue weighted by atomic mass is 35.5. The van der Waals surface area contributed by atoms with Crippen molar-refractivity contribution in [1.82, 2.24) is 15.0 Å². The summed E-state index contributed by atoms with van der Waals surface area (Å²) in [7, 11) is 0. The van der Waals surface area contributed by atoms with Gasteiger partial charge in [-0.05, 0) is 50.5 Å². The third-order valence-electron chi connectivity index (χ3n) is 5.68. The molecular formula is C24H26ClN3O2. The number of benzene rings is 2. The molecule has 0 spiro atoms. The Morgan fingerprint density at radius 3 is 2.60 bits per heavy atom. The van der Waals surface area contributed by atoms with Crippen molar-refractivity contribution >= 4 is 17.5 Å². The normalized spacial score (nSPS) is 14.6. The zero-order chi connectivity index (χ0) is 21.1. The summed E-state index contributed by atoms with van der Waals surface area (Å²) in [5.74, 6) is 0.897. The molecule has 1 aliphatic rings. The summed E-state index contributed by atoms with van der Waals surface area (Å²) in [6.07, 6.45) is 5.41. The molecule has 0 atom stereocenters. The molecule has 1 aromatic heterocycles. The lowest BCUT2D eigenvalue weighted by molar-refractivity contribution is 0.0586. The van der Waals surface area contributed by atoms with Gasteiger partial charge in [0.1, 0.15) is 6.54 Å². The van der Waals surface area contributed by atoms with Gasteiger partial charge < -0.3 is 9.42 Å². The van der Waals surface area contributed by atoms with Crippen molar-refractivity contribution in [3.63, 3.8) is 0 Å². The van der Waals surface area contributed by atoms with E-state index in [9.17, 15) is 4.79 Å². The highest BCUT2D eigenvalue weighted by Crippen LogP contribution is 2.28. The Hall–Kier alpha value is -2.66. The SMILES string of the molecule is Cc1cccc(-c2noc(CN(C(=O)c3ccc(C)cc3Cl)C3CCCCC3)n2)c1. The summed E-state index contributed by atoms with van der Waals surface area (Å²) in [5, 5.41) is 4.62. The molecule has 1 aliphatic carbocycles. The zero-order valence-electron chi connectivity index (χ0n) is 17.4. The van der Waals surface area contributed by atoms with Crippen molar-refractivity contribution < 1.29 is 9.32 Å². The van der Waals surface area contributed by atoms with Crippen LogP contribution in [-0.4, -0.2) is 27.0 Å². The molecule has 1 heterocycles. The van der Waals surface area contributed by atoms with Crippen LogP contribution in [0.4, 0.5) is 0 Å². The fourth-order valence-electron chi connectivity index (χ4n) is 4.07. The number of aryl methyl sites for hydroxylation is 2. The third-order valence-corrected chi connectivity index (χ3v) is 5.99. The molecule has 6 heteroatoms. The van der Waals surface area contributed by atoms with Gasteiger partial charge in [0.05, 0.1) is 10.6 Å². The topological polar surface area (TPSA) is 59.2 Å². The highest BCUT2D eigenvalue weighted by Gasteiger charge is 2.29. The van der Waals surface area contributed by atoms with Gasteiger partial charge in [-0.3, -0.25) is 4.79 Å². The molecule has 1 fully saturated rings. The number of carbonyl (C=O) groups excluding carboxylic acids is 1. The molecule has 1 saturated carbocycles. The van der Waals surface area contributed by atoms with Crippen LogP contribution in [0.2, 0.25) is 5.02 Å². The zero-order valence-corrected chi connectivity index (χ0v) is 18.2. The first kappa shape index (κ1) is 20.6. The number of halogens is 1. The number of amides is 1. The first-order valence-electron chi connectivity index (χ1n) is 10.5. The van der Waals surface area contributed by atoms with Crippen LogP contribution >= 0.6 is 11.6 Å². The van der Waals surface area contributed by atoms with Crippen molar-refractivity contribution in [3.8, 4) is 11.4 Å². The maximum Gasteiger partial charge on any atom is 0.256 e. The van der Waals surface area contributed by atoms with Gasteiger partial charge in [0.15, 0.2) is 0 Å². The molecular weight excluding hydrogens is 398 g/mol. The van der Waals surface area contributed by atoms with Crippen molar-refractivity contribution in [2.75, 3.05) is 0 Å². The van der Waals surface area contributed by atoms with Crippen LogP contribution < -0.4 is 0 Å². The first-order chi connectivity index (χ1) is 14.5. The lowest BCUT2D eigenvalue weighted by Crippen LogP contribution is -2.41. The maximum atomic E-state index is 13.5. The Morgan fingerprint density at radius 1 is 1.10 bits per heavy atom. The summed E-state index contributed by atoms with van der Waals surface area (Å²) in [5.41, 5.74) is 3.58. The van der Waals surface area contributed by atoms with E-state index in [4.69, 9.17) is 16.1 Å². The van der Waals surface area contributed by atoms with Gasteiger partial charge in [0.25, 0.3) is 5.91 Å². The van der Waals surface area contributed by atoms with E-state index in [-0.39, 0.29) is 18.5 Å². The predicted octanol–water partition coefficient (Wildman–Crippen LogP) is 5.98. The number of hydrogen-bond acceptors (Lipinski definition) is 4. The van der Waals surface area contributed by atoms with E-state index in [0.29, 0.717) is 22.3 Å². The average molecular weight is 424 g/mol. The Labute approximate surface area is 182 Å². The second-order valence-corrected chi connectivity index (χ2v) is 8.50. The predicted molar refractivity (Wildman–Crippen MR) is 117 cm³/mol. The van der Waals surface area contributed by atoms with E-state index < -0.39 is 0 Å². The van der Waals surface area contributed by atoms with Crippen LogP contribution in [0.1, 0.15) is 59.5 Å². The van der Waals surface area contributed by atoms with Gasteiger partial charge in [0.2, 0.25) is 11.7 Å². The first-order valence-corrected chi connectivity index (χ1v) is 10.9. The minimum Gasteiger partial charge on any atom is -0.337 e. The summed E-state index contributed by atoms with van der Waals surface area (Å²) >= 11 is 6.41. The van der Waals surface area contributed by atoms with Crippen molar-refractivity contribution in [2.24, 2.45) is 0 Å². The van der Waals surface area contributed by atoms with Crippen LogP contribution in [0.25, 0.3) is 11.4 Å². The Morgan fingerprint density at radius 2 is 1.87 bits per heavy atom. The second-order valence-electron chi connectivity index (χ2n) is 8.09. The molecule has 0 radical (unpaired) electrons. The standard InChI is InChI=1S/C24H26ClN3O2/c1-16-7-6-8-18(13-16)23-26-22(30-27-23)15-28(19-9-4-3-5-10-19)24(29)20-12-11-17(2)14-21(20)25/h6-8,11-14,19H,3-5,9-10,15H2,1-2H3. The number of aromatic nitrogens is 2. The van der Waals surface area contributed by atoms with Crippen molar-refractivity contribution in [1.29, 1.82) is 0 Å². The van der Waals surface area contributed by atoms with Crippen LogP contribution in [0.3, 0.4) is 0 Å². The fourth-order valence-corrected chi connectivity index (χ4v) is 4.39. The molecule has 0 unspecified atom stereocenters. The molecule has 3 aromatic rings. The van der Waals surface area contributed by atoms with Crippen molar-refractivity contribution in [2.45, 2.75) is 58.5 Å². The second kappa shape index (κ2) is 9.00. The molecule has 0 saturated heterocycles. The third kappa shape index (κ3) is 4.57. The van der Waals surface area contributed by atoms with Gasteiger partial charge in [-0.1, -0.05) is 65.8 Å². The smallest absolute Gasteiger partial charge is 0.256 e. The van der Waals surface area contributed by atoms with E-state index in [1.165, 1.54) is 6.42 Å². The molecule has 4 rings (SSSR count). The maximum absolute atomic E-state index is 13.5. The average Bonchev–Trinajstić information content (AvgIpc) is 3.21. The summed E-state index contributed by atoms with van der Waals surface area (Å²) in [4.78, 5) is 19.9. The number of carbonyl (C=O) groups is 1. The molecule has 0 N–H and O–H groups in total. The van der Waals surface area contributed by atoms with E-state index in [1.807, 2.05) is 61.2 Å². The largest absolute Gasteiger partial charge is 0.337 e. The van der Waals surface area contributed by atoms with Gasteiger partial charge in [-0.25, -0.2) is 0 Å². The lowest BCUT2D eigenvalue weighted by atomic mass is 9.93. The van der Waals surface area contributed by atoms with Crippen molar-refractivity contribution in [3.05, 3.63) is 70.1 Å². The molecule has 0 bridgehead atoms. The summed E-state index contributed by atoms with van der Waals surface area (Å²) in [6.45, 7) is 4.27. The Kier molecular flexibility index (Phi) is 6.18. The lowest BCUT2D eigenvalue weighted by Gasteiger charge is -2.33. The molecule has 1 amide bonds. The molecule has 0 aliphatic heterocycles. The molecule has 30 heavy (non-hydrogen) atoms. The van der Waals surface area contributed by atoms with Crippen LogP contribution in [0, 0.1) is 13.8 Å². The quantitative estimate of drug-likeness (QED) is 0.506. The fraction of sp³-hybridized carbons (Fsp3) is 0.375. The number of rotatable bonds is 5. The summed E-state index contributed by atoms with van der Waals surface area (Å²) in [6, 6.07) is 13.7. The molecule has 2 aromatic carbocycles. The number of hydrogen-bond donors (Lipinski definition) is 0. The van der Waals surface area contributed by atoms with Crippen LogP contribution in [0.15, 0.2) is 47.0 Å². The van der Waals surface area contributed by atoms with E-state index in [0.717, 1.165) is 42.4 Å². The van der Waals surface area contributed by atoms with Crippen LogP contribution in [-0.2, 0) is 6.54 Å². The monoisotopic (exact) mass is 423 g/mol. The molecule has 5 nitrogen and oxygen atoms in total. The van der Waals surface area contributed by atoms with E-state index in [2.05, 4.69) is 10.1 Å². The van der Waals surface area contributed by atoms with E-state index in [1.54, 1.807) is 0 Å². The van der Waals surface area contributed by atoms with E-state index >= 15 is 0 Å². The minimum absolute atomic E-state index is 0.0813. The van der Waals surface area contributed by atoms with Gasteiger partial charge in [0, 0.05) is 11.6 Å². The Bertz CT molecular complexity index is 1040. The highest BCUT2D eigenvalue weighted by molar-refractivity contribution is 6.33. The van der Waals surface area contributed by atoms with Crippen LogP contribution in [0.5, 0.6) is 0 Å². The molecule has 156 valence electrons. The minimum atomic E-state index is -0.0813. The van der Waals surface area contributed by atoms with Gasteiger partial charge in [-0.2, -0.15) is 4.98 Å². The Balaban J connectivity index is 1.61. The summed E-state index contributed by atoms with van der Waals surface area (Å²) < 4.78 is 5.53. The van der Waals surface area contributed by atoms with Gasteiger partial charge in [-0.15, -0.1) is 0 Å². The number of nitrogens with zero attached hydrogens (tertiary/aromatic N) is 3. The van der Waals surface area contributed by atoms with Gasteiger partial charge >= 0.3 is 0 Å².